The maximum Gasteiger partial charge on any atom is 0.0345 e. The van der Waals surface area contributed by atoms with E-state index in [9.17, 15) is 0 Å². The average molecular weight is 335 g/mol. The lowest BCUT2D eigenvalue weighted by atomic mass is 9.99. The summed E-state index contributed by atoms with van der Waals surface area (Å²) in [6.07, 6.45) is 5.31. The van der Waals surface area contributed by atoms with Crippen LogP contribution in [0.1, 0.15) is 49.8 Å². The molecule has 2 aromatic rings. The van der Waals surface area contributed by atoms with Gasteiger partial charge in [-0.2, -0.15) is 0 Å². The third kappa shape index (κ3) is 3.65. The number of benzene rings is 2. The minimum Gasteiger partial charge on any atom is -0.299 e. The van der Waals surface area contributed by atoms with Gasteiger partial charge < -0.3 is 0 Å². The molecule has 0 spiro atoms. The van der Waals surface area contributed by atoms with E-state index in [2.05, 4.69) is 72.3 Å². The van der Waals surface area contributed by atoms with Crippen LogP contribution in [0.4, 0.5) is 0 Å². The van der Waals surface area contributed by atoms with Crippen molar-refractivity contribution in [1.29, 1.82) is 0 Å². The summed E-state index contributed by atoms with van der Waals surface area (Å²) in [6, 6.07) is 19.7. The van der Waals surface area contributed by atoms with Crippen LogP contribution in [0, 0.1) is 0 Å². The maximum atomic E-state index is 2.60. The molecule has 25 heavy (non-hydrogen) atoms. The lowest BCUT2D eigenvalue weighted by Crippen LogP contribution is -2.26. The van der Waals surface area contributed by atoms with Crippen LogP contribution in [-0.2, 0) is 6.54 Å². The maximum absolute atomic E-state index is 2.60. The lowest BCUT2D eigenvalue weighted by molar-refractivity contribution is 0.260. The molecule has 2 fully saturated rings. The quantitative estimate of drug-likeness (QED) is 0.767. The van der Waals surface area contributed by atoms with E-state index in [1.54, 1.807) is 0 Å². The number of nitrogens with zero attached hydrogens (tertiary/aromatic N) is 2. The van der Waals surface area contributed by atoms with Crippen molar-refractivity contribution in [2.75, 3.05) is 20.1 Å². The minimum absolute atomic E-state index is 0.610. The molecule has 0 bridgehead atoms. The van der Waals surface area contributed by atoms with Gasteiger partial charge in [-0.25, -0.2) is 0 Å². The minimum atomic E-state index is 0.610. The van der Waals surface area contributed by atoms with Crippen LogP contribution in [-0.4, -0.2) is 36.0 Å². The third-order valence-corrected chi connectivity index (χ3v) is 6.18. The summed E-state index contributed by atoms with van der Waals surface area (Å²) in [5, 5.41) is 0. The molecule has 0 aliphatic carbocycles. The molecule has 2 heteroatoms. The van der Waals surface area contributed by atoms with Gasteiger partial charge in [0.05, 0.1) is 0 Å². The molecule has 0 radical (unpaired) electrons. The van der Waals surface area contributed by atoms with E-state index in [0.717, 1.165) is 12.6 Å². The fraction of sp³-hybridized carbons (Fsp3) is 0.478. The van der Waals surface area contributed by atoms with E-state index < -0.39 is 0 Å². The SMILES string of the molecule is CC1CCCN1Cc1ccc(-c2ccc(C3CCCN3C)cc2)cc1. The van der Waals surface area contributed by atoms with Crippen LogP contribution < -0.4 is 0 Å². The Bertz CT molecular complexity index is 689. The first-order valence-electron chi connectivity index (χ1n) is 9.84. The molecule has 2 aromatic carbocycles. The highest BCUT2D eigenvalue weighted by atomic mass is 15.2. The Kier molecular flexibility index (Phi) is 4.91. The monoisotopic (exact) mass is 334 g/mol. The molecule has 0 amide bonds. The van der Waals surface area contributed by atoms with Gasteiger partial charge in [0.15, 0.2) is 0 Å². The second-order valence-electron chi connectivity index (χ2n) is 7.92. The first-order chi connectivity index (χ1) is 12.2. The van der Waals surface area contributed by atoms with Crippen molar-refractivity contribution in [2.24, 2.45) is 0 Å². The normalized spacial score (nSPS) is 24.9. The van der Waals surface area contributed by atoms with Gasteiger partial charge in [-0.15, -0.1) is 0 Å². The molecule has 2 unspecified atom stereocenters. The summed E-state index contributed by atoms with van der Waals surface area (Å²) < 4.78 is 0. The zero-order valence-electron chi connectivity index (χ0n) is 15.6. The molecule has 0 N–H and O–H groups in total. The van der Waals surface area contributed by atoms with E-state index in [0.29, 0.717) is 6.04 Å². The molecular formula is C23H30N2. The first kappa shape index (κ1) is 16.8. The fourth-order valence-electron chi connectivity index (χ4n) is 4.49. The van der Waals surface area contributed by atoms with Gasteiger partial charge in [0.2, 0.25) is 0 Å². The Balaban J connectivity index is 1.44. The van der Waals surface area contributed by atoms with Crippen molar-refractivity contribution < 1.29 is 0 Å². The van der Waals surface area contributed by atoms with Gasteiger partial charge in [-0.1, -0.05) is 48.5 Å². The van der Waals surface area contributed by atoms with Crippen molar-refractivity contribution in [1.82, 2.24) is 9.80 Å². The summed E-state index contributed by atoms with van der Waals surface area (Å²) in [5.74, 6) is 0. The molecule has 2 nitrogen and oxygen atoms in total. The Morgan fingerprint density at radius 3 is 2.04 bits per heavy atom. The van der Waals surface area contributed by atoms with Crippen molar-refractivity contribution in [3.05, 3.63) is 59.7 Å². The molecule has 0 aromatic heterocycles. The first-order valence-corrected chi connectivity index (χ1v) is 9.84. The summed E-state index contributed by atoms with van der Waals surface area (Å²) in [7, 11) is 2.24. The molecule has 0 saturated carbocycles. The molecule has 2 aliphatic heterocycles. The predicted molar refractivity (Wildman–Crippen MR) is 106 cm³/mol. The molecular weight excluding hydrogens is 304 g/mol. The Hall–Kier alpha value is -1.64. The summed E-state index contributed by atoms with van der Waals surface area (Å²) >= 11 is 0. The van der Waals surface area contributed by atoms with Gasteiger partial charge in [0.25, 0.3) is 0 Å². The zero-order valence-corrected chi connectivity index (χ0v) is 15.6. The predicted octanol–water partition coefficient (Wildman–Crippen LogP) is 5.10. The fourth-order valence-corrected chi connectivity index (χ4v) is 4.49. The van der Waals surface area contributed by atoms with Crippen LogP contribution in [0.5, 0.6) is 0 Å². The highest BCUT2D eigenvalue weighted by Gasteiger charge is 2.22. The number of likely N-dealkylation sites (tertiary alicyclic amines) is 2. The third-order valence-electron chi connectivity index (χ3n) is 6.18. The highest BCUT2D eigenvalue weighted by Crippen LogP contribution is 2.31. The molecule has 2 heterocycles. The summed E-state index contributed by atoms with van der Waals surface area (Å²) in [6.45, 7) is 5.92. The number of rotatable bonds is 4. The van der Waals surface area contributed by atoms with Crippen LogP contribution in [0.2, 0.25) is 0 Å². The molecule has 132 valence electrons. The molecule has 2 aliphatic rings. The molecule has 4 rings (SSSR count). The van der Waals surface area contributed by atoms with E-state index in [1.807, 2.05) is 0 Å². The summed E-state index contributed by atoms with van der Waals surface area (Å²) in [5.41, 5.74) is 5.54. The van der Waals surface area contributed by atoms with Gasteiger partial charge in [0.1, 0.15) is 0 Å². The second-order valence-corrected chi connectivity index (χ2v) is 7.92. The van der Waals surface area contributed by atoms with Crippen molar-refractivity contribution >= 4 is 0 Å². The second kappa shape index (κ2) is 7.31. The zero-order chi connectivity index (χ0) is 17.2. The van der Waals surface area contributed by atoms with E-state index in [4.69, 9.17) is 0 Å². The smallest absolute Gasteiger partial charge is 0.0345 e. The van der Waals surface area contributed by atoms with E-state index in [-0.39, 0.29) is 0 Å². The van der Waals surface area contributed by atoms with Crippen LogP contribution >= 0.6 is 0 Å². The number of hydrogen-bond acceptors (Lipinski definition) is 2. The van der Waals surface area contributed by atoms with Crippen LogP contribution in [0.3, 0.4) is 0 Å². The molecule has 2 saturated heterocycles. The van der Waals surface area contributed by atoms with E-state index >= 15 is 0 Å². The van der Waals surface area contributed by atoms with Gasteiger partial charge in [0, 0.05) is 18.6 Å². The van der Waals surface area contributed by atoms with Crippen LogP contribution in [0.25, 0.3) is 11.1 Å². The van der Waals surface area contributed by atoms with Crippen molar-refractivity contribution in [2.45, 2.75) is 51.2 Å². The largest absolute Gasteiger partial charge is 0.299 e. The van der Waals surface area contributed by atoms with Gasteiger partial charge in [-0.3, -0.25) is 9.80 Å². The Morgan fingerprint density at radius 1 is 0.840 bits per heavy atom. The summed E-state index contributed by atoms with van der Waals surface area (Å²) in [4.78, 5) is 5.07. The van der Waals surface area contributed by atoms with Crippen molar-refractivity contribution in [3.63, 3.8) is 0 Å². The Morgan fingerprint density at radius 2 is 1.48 bits per heavy atom. The molecule has 2 atom stereocenters. The standard InChI is InChI=1S/C23H30N2/c1-18-5-3-16-25(18)17-19-7-9-20(10-8-19)21-11-13-22(14-12-21)23-6-4-15-24(23)2/h7-14,18,23H,3-6,15-17H2,1-2H3. The number of hydrogen-bond donors (Lipinski definition) is 0. The lowest BCUT2D eigenvalue weighted by Gasteiger charge is -2.21. The van der Waals surface area contributed by atoms with Gasteiger partial charge in [-0.05, 0) is 75.0 Å². The van der Waals surface area contributed by atoms with Crippen molar-refractivity contribution in [3.8, 4) is 11.1 Å². The Labute approximate surface area is 152 Å². The topological polar surface area (TPSA) is 6.48 Å². The highest BCUT2D eigenvalue weighted by molar-refractivity contribution is 5.64. The average Bonchev–Trinajstić information content (AvgIpc) is 3.24. The van der Waals surface area contributed by atoms with Gasteiger partial charge >= 0.3 is 0 Å². The van der Waals surface area contributed by atoms with E-state index in [1.165, 1.54) is 61.0 Å². The van der Waals surface area contributed by atoms with Crippen LogP contribution in [0.15, 0.2) is 48.5 Å².